The van der Waals surface area contributed by atoms with E-state index in [9.17, 15) is 4.79 Å². The van der Waals surface area contributed by atoms with Gasteiger partial charge in [-0.15, -0.1) is 0 Å². The van der Waals surface area contributed by atoms with E-state index in [0.29, 0.717) is 17.9 Å². The van der Waals surface area contributed by atoms with Crippen molar-refractivity contribution < 1.29 is 13.9 Å². The number of nitrogens with zero attached hydrogens (tertiary/aromatic N) is 1. The van der Waals surface area contributed by atoms with Gasteiger partial charge in [-0.05, 0) is 30.0 Å². The van der Waals surface area contributed by atoms with Crippen molar-refractivity contribution in [1.82, 2.24) is 4.90 Å². The second-order valence-electron chi connectivity index (χ2n) is 5.29. The van der Waals surface area contributed by atoms with E-state index in [1.807, 2.05) is 0 Å². The summed E-state index contributed by atoms with van der Waals surface area (Å²) >= 11 is 0. The Morgan fingerprint density at radius 3 is 2.48 bits per heavy atom. The zero-order valence-electron chi connectivity index (χ0n) is 12.2. The fraction of sp³-hybridized carbons (Fsp3) is 0.353. The average molecular weight is 285 g/mol. The third kappa shape index (κ3) is 3.00. The van der Waals surface area contributed by atoms with Gasteiger partial charge in [-0.3, -0.25) is 4.90 Å². The van der Waals surface area contributed by atoms with Crippen LogP contribution in [-0.2, 0) is 24.1 Å². The molecule has 0 aliphatic carbocycles. The van der Waals surface area contributed by atoms with Gasteiger partial charge in [0, 0.05) is 13.1 Å². The van der Waals surface area contributed by atoms with Gasteiger partial charge in [-0.1, -0.05) is 24.3 Å². The van der Waals surface area contributed by atoms with Gasteiger partial charge in [-0.2, -0.15) is 0 Å². The van der Waals surface area contributed by atoms with Gasteiger partial charge >= 0.3 is 5.97 Å². The molecule has 4 nitrogen and oxygen atoms in total. The van der Waals surface area contributed by atoms with E-state index in [4.69, 9.17) is 9.15 Å². The van der Waals surface area contributed by atoms with Crippen molar-refractivity contribution in [2.75, 3.05) is 20.2 Å². The topological polar surface area (TPSA) is 42.7 Å². The van der Waals surface area contributed by atoms with Gasteiger partial charge in [0.25, 0.3) is 0 Å². The molecule has 0 atom stereocenters. The van der Waals surface area contributed by atoms with Crippen LogP contribution >= 0.6 is 0 Å². The molecule has 0 spiro atoms. The maximum Gasteiger partial charge on any atom is 0.341 e. The minimum Gasteiger partial charge on any atom is -0.467 e. The number of rotatable bonds is 3. The fourth-order valence-corrected chi connectivity index (χ4v) is 2.83. The van der Waals surface area contributed by atoms with Crippen LogP contribution in [0.5, 0.6) is 0 Å². The molecular formula is C17H19NO3. The molecule has 21 heavy (non-hydrogen) atoms. The van der Waals surface area contributed by atoms with E-state index >= 15 is 0 Å². The SMILES string of the molecule is COC(=O)c1ccoc1CN1CCc2ccccc2CC1. The van der Waals surface area contributed by atoms with E-state index in [2.05, 4.69) is 29.2 Å². The number of methoxy groups -OCH3 is 1. The van der Waals surface area contributed by atoms with E-state index in [1.54, 1.807) is 12.3 Å². The first-order valence-electron chi connectivity index (χ1n) is 7.22. The molecular weight excluding hydrogens is 266 g/mol. The molecule has 110 valence electrons. The molecule has 2 aromatic rings. The Bertz CT molecular complexity index is 605. The number of benzene rings is 1. The highest BCUT2D eigenvalue weighted by Gasteiger charge is 2.19. The van der Waals surface area contributed by atoms with Crippen LogP contribution in [0.3, 0.4) is 0 Å². The van der Waals surface area contributed by atoms with Crippen molar-refractivity contribution in [3.63, 3.8) is 0 Å². The number of furan rings is 1. The molecule has 0 saturated carbocycles. The summed E-state index contributed by atoms with van der Waals surface area (Å²) in [5, 5.41) is 0. The predicted octanol–water partition coefficient (Wildman–Crippen LogP) is 2.67. The van der Waals surface area contributed by atoms with Crippen molar-refractivity contribution in [3.05, 3.63) is 59.0 Å². The standard InChI is InChI=1S/C17H19NO3/c1-20-17(19)15-8-11-21-16(15)12-18-9-6-13-4-2-3-5-14(13)7-10-18/h2-5,8,11H,6-7,9-10,12H2,1H3. The molecule has 0 radical (unpaired) electrons. The summed E-state index contributed by atoms with van der Waals surface area (Å²) in [7, 11) is 1.39. The van der Waals surface area contributed by atoms with Crippen molar-refractivity contribution in [1.29, 1.82) is 0 Å². The summed E-state index contributed by atoms with van der Waals surface area (Å²) in [6.07, 6.45) is 3.61. The van der Waals surface area contributed by atoms with Crippen LogP contribution in [0.25, 0.3) is 0 Å². The Morgan fingerprint density at radius 1 is 1.19 bits per heavy atom. The lowest BCUT2D eigenvalue weighted by molar-refractivity contribution is 0.0596. The van der Waals surface area contributed by atoms with Crippen molar-refractivity contribution in [3.8, 4) is 0 Å². The number of esters is 1. The Labute approximate surface area is 124 Å². The second kappa shape index (κ2) is 6.14. The van der Waals surface area contributed by atoms with E-state index in [0.717, 1.165) is 25.9 Å². The Hall–Kier alpha value is -2.07. The first-order valence-corrected chi connectivity index (χ1v) is 7.22. The first-order chi connectivity index (χ1) is 10.3. The van der Waals surface area contributed by atoms with Gasteiger partial charge in [0.05, 0.1) is 19.9 Å². The lowest BCUT2D eigenvalue weighted by Crippen LogP contribution is -2.26. The van der Waals surface area contributed by atoms with E-state index in [1.165, 1.54) is 18.2 Å². The molecule has 1 aliphatic heterocycles. The normalized spacial score (nSPS) is 15.3. The van der Waals surface area contributed by atoms with Crippen LogP contribution in [0.1, 0.15) is 27.2 Å². The zero-order valence-corrected chi connectivity index (χ0v) is 12.2. The lowest BCUT2D eigenvalue weighted by atomic mass is 10.0. The maximum atomic E-state index is 11.7. The van der Waals surface area contributed by atoms with E-state index < -0.39 is 0 Å². The van der Waals surface area contributed by atoms with Crippen LogP contribution in [0, 0.1) is 0 Å². The summed E-state index contributed by atoms with van der Waals surface area (Å²) in [4.78, 5) is 14.0. The summed E-state index contributed by atoms with van der Waals surface area (Å²) < 4.78 is 10.2. The van der Waals surface area contributed by atoms with Crippen molar-refractivity contribution in [2.24, 2.45) is 0 Å². The molecule has 2 heterocycles. The number of carbonyl (C=O) groups is 1. The summed E-state index contributed by atoms with van der Waals surface area (Å²) in [6.45, 7) is 2.59. The molecule has 1 aromatic heterocycles. The summed E-state index contributed by atoms with van der Waals surface area (Å²) in [5.41, 5.74) is 3.37. The third-order valence-corrected chi connectivity index (χ3v) is 4.03. The van der Waals surface area contributed by atoms with Gasteiger partial charge < -0.3 is 9.15 Å². The molecule has 0 saturated heterocycles. The minimum atomic E-state index is -0.336. The van der Waals surface area contributed by atoms with Gasteiger partial charge in [-0.25, -0.2) is 4.79 Å². The Morgan fingerprint density at radius 2 is 1.86 bits per heavy atom. The molecule has 0 bridgehead atoms. The highest BCUT2D eigenvalue weighted by molar-refractivity contribution is 5.90. The first kappa shape index (κ1) is 13.9. The maximum absolute atomic E-state index is 11.7. The number of hydrogen-bond acceptors (Lipinski definition) is 4. The lowest BCUT2D eigenvalue weighted by Gasteiger charge is -2.18. The van der Waals surface area contributed by atoms with E-state index in [-0.39, 0.29) is 5.97 Å². The summed E-state index contributed by atoms with van der Waals surface area (Å²) in [6, 6.07) is 10.3. The molecule has 0 fully saturated rings. The molecule has 1 aromatic carbocycles. The smallest absolute Gasteiger partial charge is 0.341 e. The quantitative estimate of drug-likeness (QED) is 0.813. The average Bonchev–Trinajstić information content (AvgIpc) is 2.88. The highest BCUT2D eigenvalue weighted by Crippen LogP contribution is 2.19. The molecule has 4 heteroatoms. The number of ether oxygens (including phenoxy) is 1. The summed E-state index contributed by atoms with van der Waals surface area (Å²) in [5.74, 6) is 0.352. The zero-order chi connectivity index (χ0) is 14.7. The monoisotopic (exact) mass is 285 g/mol. The van der Waals surface area contributed by atoms with Gasteiger partial charge in [0.1, 0.15) is 11.3 Å². The Kier molecular flexibility index (Phi) is 4.06. The van der Waals surface area contributed by atoms with Crippen LogP contribution < -0.4 is 0 Å². The minimum absolute atomic E-state index is 0.336. The van der Waals surface area contributed by atoms with Crippen LogP contribution in [0.4, 0.5) is 0 Å². The number of carbonyl (C=O) groups excluding carboxylic acids is 1. The highest BCUT2D eigenvalue weighted by atomic mass is 16.5. The largest absolute Gasteiger partial charge is 0.467 e. The molecule has 3 rings (SSSR count). The van der Waals surface area contributed by atoms with Gasteiger partial charge in [0.15, 0.2) is 0 Å². The van der Waals surface area contributed by atoms with Crippen LogP contribution in [-0.4, -0.2) is 31.1 Å². The molecule has 1 aliphatic rings. The Balaban J connectivity index is 1.70. The number of hydrogen-bond donors (Lipinski definition) is 0. The van der Waals surface area contributed by atoms with Crippen molar-refractivity contribution in [2.45, 2.75) is 19.4 Å². The number of fused-ring (bicyclic) bond motifs is 1. The van der Waals surface area contributed by atoms with Crippen LogP contribution in [0.15, 0.2) is 41.0 Å². The molecule has 0 unspecified atom stereocenters. The third-order valence-electron chi connectivity index (χ3n) is 4.03. The molecule has 0 N–H and O–H groups in total. The second-order valence-corrected chi connectivity index (χ2v) is 5.29. The van der Waals surface area contributed by atoms with Crippen LogP contribution in [0.2, 0.25) is 0 Å². The van der Waals surface area contributed by atoms with Crippen molar-refractivity contribution >= 4 is 5.97 Å². The molecule has 0 amide bonds. The van der Waals surface area contributed by atoms with Gasteiger partial charge in [0.2, 0.25) is 0 Å². The predicted molar refractivity (Wildman–Crippen MR) is 79.2 cm³/mol. The fourth-order valence-electron chi connectivity index (χ4n) is 2.83.